The first-order valence-electron chi connectivity index (χ1n) is 11.7. The zero-order valence-electron chi connectivity index (χ0n) is 19.0. The summed E-state index contributed by atoms with van der Waals surface area (Å²) < 4.78 is 24.8. The standard InChI is InChI=1S/C25H22N6O5/c32-25(26-17-7-3-5-14-4-1-2-6-16(14)17)27-18-11-33-23-19(12-34-22(18)23)31-24(28-29-30-31)15-8-9-20-21(10-15)36-13-35-20/h1-10,18-19,22-23H,11-13H2,(H2,26,27,32)/t18-,19-,22+,23+/m0/s1. The Labute approximate surface area is 205 Å². The predicted octanol–water partition coefficient (Wildman–Crippen LogP) is 2.75. The molecule has 2 amide bonds. The highest BCUT2D eigenvalue weighted by atomic mass is 16.7. The molecule has 0 unspecified atom stereocenters. The number of aromatic nitrogens is 4. The molecule has 7 rings (SSSR count). The Hall–Kier alpha value is -4.22. The van der Waals surface area contributed by atoms with Gasteiger partial charge in [-0.3, -0.25) is 0 Å². The lowest BCUT2D eigenvalue weighted by atomic mass is 10.1. The second-order valence-electron chi connectivity index (χ2n) is 8.91. The van der Waals surface area contributed by atoms with E-state index in [1.807, 2.05) is 60.7 Å². The summed E-state index contributed by atoms with van der Waals surface area (Å²) in [7, 11) is 0. The third-order valence-electron chi connectivity index (χ3n) is 6.82. The lowest BCUT2D eigenvalue weighted by Gasteiger charge is -2.19. The molecule has 4 heterocycles. The molecule has 36 heavy (non-hydrogen) atoms. The molecule has 11 heteroatoms. The van der Waals surface area contributed by atoms with E-state index >= 15 is 0 Å². The number of amides is 2. The van der Waals surface area contributed by atoms with Crippen LogP contribution in [0.15, 0.2) is 60.7 Å². The average Bonchev–Trinajstić information content (AvgIpc) is 3.69. The average molecular weight is 486 g/mol. The second kappa shape index (κ2) is 8.47. The maximum absolute atomic E-state index is 12.9. The van der Waals surface area contributed by atoms with Crippen LogP contribution in [0.1, 0.15) is 6.04 Å². The normalized spacial score (nSPS) is 24.1. The van der Waals surface area contributed by atoms with Crippen LogP contribution in [0.2, 0.25) is 0 Å². The molecule has 0 radical (unpaired) electrons. The summed E-state index contributed by atoms with van der Waals surface area (Å²) in [4.78, 5) is 12.9. The predicted molar refractivity (Wildman–Crippen MR) is 128 cm³/mol. The fourth-order valence-corrected chi connectivity index (χ4v) is 5.12. The molecule has 2 fully saturated rings. The van der Waals surface area contributed by atoms with Gasteiger partial charge in [-0.15, -0.1) is 5.10 Å². The summed E-state index contributed by atoms with van der Waals surface area (Å²) in [6.07, 6.45) is -0.619. The number of anilines is 1. The molecule has 3 aliphatic rings. The number of tetrazole rings is 1. The van der Waals surface area contributed by atoms with Crippen LogP contribution >= 0.6 is 0 Å². The van der Waals surface area contributed by atoms with Crippen molar-refractivity contribution in [1.29, 1.82) is 0 Å². The first-order chi connectivity index (χ1) is 17.7. The van der Waals surface area contributed by atoms with E-state index in [0.29, 0.717) is 30.5 Å². The summed E-state index contributed by atoms with van der Waals surface area (Å²) in [5.74, 6) is 1.93. The Balaban J connectivity index is 1.06. The van der Waals surface area contributed by atoms with E-state index in [9.17, 15) is 4.79 Å². The van der Waals surface area contributed by atoms with Crippen LogP contribution in [0.5, 0.6) is 11.5 Å². The van der Waals surface area contributed by atoms with E-state index in [0.717, 1.165) is 22.0 Å². The molecule has 4 atom stereocenters. The van der Waals surface area contributed by atoms with Gasteiger partial charge in [-0.1, -0.05) is 36.4 Å². The van der Waals surface area contributed by atoms with Crippen molar-refractivity contribution in [1.82, 2.24) is 25.5 Å². The maximum Gasteiger partial charge on any atom is 0.319 e. The van der Waals surface area contributed by atoms with Crippen molar-refractivity contribution in [3.05, 3.63) is 60.7 Å². The Morgan fingerprint density at radius 1 is 0.944 bits per heavy atom. The largest absolute Gasteiger partial charge is 0.454 e. The van der Waals surface area contributed by atoms with Crippen molar-refractivity contribution in [2.24, 2.45) is 0 Å². The molecule has 1 aromatic heterocycles. The minimum absolute atomic E-state index is 0.195. The number of nitrogens with one attached hydrogen (secondary N) is 2. The summed E-state index contributed by atoms with van der Waals surface area (Å²) in [5, 5.41) is 20.3. The lowest BCUT2D eigenvalue weighted by Crippen LogP contribution is -2.45. The van der Waals surface area contributed by atoms with E-state index < -0.39 is 0 Å². The van der Waals surface area contributed by atoms with Crippen molar-refractivity contribution in [3.8, 4) is 22.9 Å². The van der Waals surface area contributed by atoms with Crippen LogP contribution < -0.4 is 20.1 Å². The van der Waals surface area contributed by atoms with Crippen molar-refractivity contribution in [3.63, 3.8) is 0 Å². The molecule has 0 bridgehead atoms. The number of benzene rings is 3. The van der Waals surface area contributed by atoms with Gasteiger partial charge >= 0.3 is 6.03 Å². The minimum atomic E-state index is -0.318. The van der Waals surface area contributed by atoms with E-state index in [4.69, 9.17) is 18.9 Å². The van der Waals surface area contributed by atoms with Gasteiger partial charge in [0.25, 0.3) is 0 Å². The third kappa shape index (κ3) is 3.51. The number of hydrogen-bond acceptors (Lipinski definition) is 8. The number of nitrogens with zero attached hydrogens (tertiary/aromatic N) is 4. The monoisotopic (exact) mass is 486 g/mol. The van der Waals surface area contributed by atoms with Gasteiger partial charge in [0.1, 0.15) is 18.2 Å². The van der Waals surface area contributed by atoms with Crippen molar-refractivity contribution < 1.29 is 23.7 Å². The molecular formula is C25H22N6O5. The fourth-order valence-electron chi connectivity index (χ4n) is 5.12. The highest BCUT2D eigenvalue weighted by Crippen LogP contribution is 2.38. The van der Waals surface area contributed by atoms with Crippen LogP contribution in [0, 0.1) is 0 Å². The molecule has 4 aromatic rings. The summed E-state index contributed by atoms with van der Waals surface area (Å²) >= 11 is 0. The zero-order chi connectivity index (χ0) is 24.1. The third-order valence-corrected chi connectivity index (χ3v) is 6.82. The van der Waals surface area contributed by atoms with Gasteiger partial charge in [-0.05, 0) is 40.1 Å². The minimum Gasteiger partial charge on any atom is -0.454 e. The highest BCUT2D eigenvalue weighted by molar-refractivity contribution is 6.01. The molecular weight excluding hydrogens is 464 g/mol. The van der Waals surface area contributed by atoms with Crippen molar-refractivity contribution >= 4 is 22.5 Å². The molecule has 3 aliphatic heterocycles. The summed E-state index contributed by atoms with van der Waals surface area (Å²) in [6.45, 7) is 0.886. The van der Waals surface area contributed by atoms with Crippen LogP contribution in [0.4, 0.5) is 10.5 Å². The first kappa shape index (κ1) is 21.1. The Morgan fingerprint density at radius 3 is 2.78 bits per heavy atom. The van der Waals surface area contributed by atoms with Crippen LogP contribution in [-0.4, -0.2) is 64.5 Å². The number of ether oxygens (including phenoxy) is 4. The molecule has 0 spiro atoms. The van der Waals surface area contributed by atoms with Gasteiger partial charge in [0.15, 0.2) is 17.3 Å². The van der Waals surface area contributed by atoms with Crippen molar-refractivity contribution in [2.45, 2.75) is 24.3 Å². The van der Waals surface area contributed by atoms with Crippen LogP contribution in [0.25, 0.3) is 22.2 Å². The van der Waals surface area contributed by atoms with E-state index in [2.05, 4.69) is 26.2 Å². The molecule has 2 saturated heterocycles. The zero-order valence-corrected chi connectivity index (χ0v) is 19.0. The topological polar surface area (TPSA) is 122 Å². The maximum atomic E-state index is 12.9. The molecule has 182 valence electrons. The van der Waals surface area contributed by atoms with Gasteiger partial charge in [-0.2, -0.15) is 0 Å². The summed E-state index contributed by atoms with van der Waals surface area (Å²) in [5.41, 5.74) is 1.54. The van der Waals surface area contributed by atoms with Gasteiger partial charge in [0.2, 0.25) is 6.79 Å². The molecule has 0 aliphatic carbocycles. The quantitative estimate of drug-likeness (QED) is 0.452. The van der Waals surface area contributed by atoms with Gasteiger partial charge < -0.3 is 29.6 Å². The smallest absolute Gasteiger partial charge is 0.319 e. The lowest BCUT2D eigenvalue weighted by molar-refractivity contribution is 0.0624. The molecule has 2 N–H and O–H groups in total. The number of hydrogen-bond donors (Lipinski definition) is 2. The molecule has 0 saturated carbocycles. The fraction of sp³-hybridized carbons (Fsp3) is 0.280. The Kier molecular flexibility index (Phi) is 4.96. The van der Waals surface area contributed by atoms with Gasteiger partial charge in [0, 0.05) is 10.9 Å². The highest BCUT2D eigenvalue weighted by Gasteiger charge is 2.50. The second-order valence-corrected chi connectivity index (χ2v) is 8.91. The van der Waals surface area contributed by atoms with E-state index in [1.54, 1.807) is 4.68 Å². The SMILES string of the molecule is O=C(Nc1cccc2ccccc12)N[C@H]1CO[C@H]2[C@@H]1OC[C@@H]2n1nnnc1-c1ccc2c(c1)OCO2. The van der Waals surface area contributed by atoms with E-state index in [1.165, 1.54) is 0 Å². The molecule has 11 nitrogen and oxygen atoms in total. The Bertz CT molecular complexity index is 1450. The van der Waals surface area contributed by atoms with Crippen molar-refractivity contribution in [2.75, 3.05) is 25.3 Å². The Morgan fingerprint density at radius 2 is 1.81 bits per heavy atom. The number of urea groups is 1. The van der Waals surface area contributed by atoms with Crippen LogP contribution in [0.3, 0.4) is 0 Å². The number of carbonyl (C=O) groups is 1. The number of rotatable bonds is 4. The van der Waals surface area contributed by atoms with Gasteiger partial charge in [0.05, 0.1) is 24.9 Å². The first-order valence-corrected chi connectivity index (χ1v) is 11.7. The molecule has 3 aromatic carbocycles. The van der Waals surface area contributed by atoms with Crippen LogP contribution in [-0.2, 0) is 9.47 Å². The number of carbonyl (C=O) groups excluding carboxylic acids is 1. The summed E-state index contributed by atoms with van der Waals surface area (Å²) in [6, 6.07) is 18.5. The van der Waals surface area contributed by atoms with E-state index in [-0.39, 0.29) is 37.1 Å². The van der Waals surface area contributed by atoms with Gasteiger partial charge in [-0.25, -0.2) is 9.48 Å². The number of fused-ring (bicyclic) bond motifs is 3.